The standard InChI is InChI=1S/C18H9Br2Cl2F/c19-12-8-11(18(23)17(22)9-12)3-1-10-2-4-13-14(7-10)15(20)5-6-16(13)21/h1-9H. The number of halogens is 5. The van der Waals surface area contributed by atoms with Gasteiger partial charge in [-0.1, -0.05) is 79.3 Å². The minimum Gasteiger partial charge on any atom is -0.205 e. The molecule has 0 aromatic heterocycles. The molecule has 116 valence electrons. The highest BCUT2D eigenvalue weighted by molar-refractivity contribution is 9.11. The summed E-state index contributed by atoms with van der Waals surface area (Å²) in [4.78, 5) is 0. The van der Waals surface area contributed by atoms with Gasteiger partial charge in [-0.25, -0.2) is 4.39 Å². The maximum absolute atomic E-state index is 14.0. The van der Waals surface area contributed by atoms with Crippen molar-refractivity contribution in [3.05, 3.63) is 78.4 Å². The van der Waals surface area contributed by atoms with Crippen molar-refractivity contribution < 1.29 is 4.39 Å². The third-order valence-corrected chi connectivity index (χ3v) is 5.16. The summed E-state index contributed by atoms with van der Waals surface area (Å²) in [6, 6.07) is 12.9. The quantitative estimate of drug-likeness (QED) is 0.261. The van der Waals surface area contributed by atoms with E-state index in [-0.39, 0.29) is 5.02 Å². The molecule has 0 fully saturated rings. The van der Waals surface area contributed by atoms with Crippen LogP contribution in [0.1, 0.15) is 11.1 Å². The molecule has 3 aromatic rings. The topological polar surface area (TPSA) is 0 Å². The van der Waals surface area contributed by atoms with Crippen molar-refractivity contribution in [2.45, 2.75) is 0 Å². The van der Waals surface area contributed by atoms with Crippen LogP contribution in [-0.4, -0.2) is 0 Å². The maximum Gasteiger partial charge on any atom is 0.149 e. The maximum atomic E-state index is 14.0. The molecule has 0 atom stereocenters. The van der Waals surface area contributed by atoms with Gasteiger partial charge in [0.1, 0.15) is 5.82 Å². The zero-order valence-corrected chi connectivity index (χ0v) is 16.3. The van der Waals surface area contributed by atoms with Crippen LogP contribution in [0.2, 0.25) is 10.0 Å². The van der Waals surface area contributed by atoms with Crippen LogP contribution in [0.25, 0.3) is 22.9 Å². The van der Waals surface area contributed by atoms with E-state index in [1.54, 1.807) is 12.1 Å². The minimum absolute atomic E-state index is 0.0899. The average Bonchev–Trinajstić information content (AvgIpc) is 2.53. The predicted octanol–water partition coefficient (Wildman–Crippen LogP) is 7.98. The Kier molecular flexibility index (Phi) is 5.12. The number of hydrogen-bond acceptors (Lipinski definition) is 0. The number of fused-ring (bicyclic) bond motifs is 1. The Morgan fingerprint density at radius 2 is 1.61 bits per heavy atom. The lowest BCUT2D eigenvalue weighted by atomic mass is 10.1. The molecule has 0 nitrogen and oxygen atoms in total. The second-order valence-corrected chi connectivity index (χ2v) is 7.54. The van der Waals surface area contributed by atoms with Gasteiger partial charge in [-0.3, -0.25) is 0 Å². The Hall–Kier alpha value is -0.870. The van der Waals surface area contributed by atoms with Gasteiger partial charge in [-0.05, 0) is 41.3 Å². The van der Waals surface area contributed by atoms with Crippen LogP contribution in [0.15, 0.2) is 51.4 Å². The first-order valence-corrected chi connectivity index (χ1v) is 9.00. The average molecular weight is 475 g/mol. The van der Waals surface area contributed by atoms with Crippen molar-refractivity contribution in [2.24, 2.45) is 0 Å². The highest BCUT2D eigenvalue weighted by Gasteiger charge is 2.07. The summed E-state index contributed by atoms with van der Waals surface area (Å²) in [5.41, 5.74) is 1.37. The van der Waals surface area contributed by atoms with Crippen LogP contribution in [0.4, 0.5) is 4.39 Å². The molecular formula is C18H9Br2Cl2F. The van der Waals surface area contributed by atoms with E-state index in [0.717, 1.165) is 25.3 Å². The van der Waals surface area contributed by atoms with E-state index in [1.807, 2.05) is 36.4 Å². The zero-order chi connectivity index (χ0) is 16.6. The predicted molar refractivity (Wildman–Crippen MR) is 105 cm³/mol. The van der Waals surface area contributed by atoms with Gasteiger partial charge >= 0.3 is 0 Å². The number of hydrogen-bond donors (Lipinski definition) is 0. The Bertz CT molecular complexity index is 936. The van der Waals surface area contributed by atoms with Gasteiger partial charge in [0, 0.05) is 24.9 Å². The van der Waals surface area contributed by atoms with E-state index < -0.39 is 5.82 Å². The van der Waals surface area contributed by atoms with Gasteiger partial charge < -0.3 is 0 Å². The first-order valence-electron chi connectivity index (χ1n) is 6.66. The normalized spacial score (nSPS) is 11.5. The number of benzene rings is 3. The summed E-state index contributed by atoms with van der Waals surface area (Å²) < 4.78 is 15.7. The van der Waals surface area contributed by atoms with Gasteiger partial charge in [0.25, 0.3) is 0 Å². The molecule has 0 aliphatic heterocycles. The van der Waals surface area contributed by atoms with E-state index >= 15 is 0 Å². The summed E-state index contributed by atoms with van der Waals surface area (Å²) in [7, 11) is 0. The molecule has 3 aromatic carbocycles. The lowest BCUT2D eigenvalue weighted by Gasteiger charge is -2.05. The van der Waals surface area contributed by atoms with Crippen LogP contribution in [0.5, 0.6) is 0 Å². The molecule has 0 saturated carbocycles. The first kappa shape index (κ1) is 17.0. The summed E-state index contributed by atoms with van der Waals surface area (Å²) in [5.74, 6) is -0.434. The lowest BCUT2D eigenvalue weighted by Crippen LogP contribution is -1.84. The highest BCUT2D eigenvalue weighted by Crippen LogP contribution is 2.31. The molecule has 0 unspecified atom stereocenters. The highest BCUT2D eigenvalue weighted by atomic mass is 79.9. The van der Waals surface area contributed by atoms with E-state index in [1.165, 1.54) is 6.07 Å². The van der Waals surface area contributed by atoms with Crippen LogP contribution in [-0.2, 0) is 0 Å². The smallest absolute Gasteiger partial charge is 0.149 e. The summed E-state index contributed by atoms with van der Waals surface area (Å²) in [6.45, 7) is 0. The Balaban J connectivity index is 2.04. The van der Waals surface area contributed by atoms with E-state index in [4.69, 9.17) is 23.2 Å². The Morgan fingerprint density at radius 1 is 0.826 bits per heavy atom. The minimum atomic E-state index is -0.434. The molecule has 0 bridgehead atoms. The third kappa shape index (κ3) is 3.63. The third-order valence-electron chi connectivity index (χ3n) is 3.41. The summed E-state index contributed by atoms with van der Waals surface area (Å²) in [6.07, 6.45) is 3.54. The molecule has 0 amide bonds. The van der Waals surface area contributed by atoms with Crippen molar-refractivity contribution in [2.75, 3.05) is 0 Å². The van der Waals surface area contributed by atoms with Gasteiger partial charge in [0.05, 0.1) is 5.02 Å². The Morgan fingerprint density at radius 3 is 2.39 bits per heavy atom. The zero-order valence-electron chi connectivity index (χ0n) is 11.6. The van der Waals surface area contributed by atoms with Crippen molar-refractivity contribution in [1.29, 1.82) is 0 Å². The lowest BCUT2D eigenvalue weighted by molar-refractivity contribution is 0.625. The Labute approximate surface area is 160 Å². The molecule has 3 rings (SSSR count). The fraction of sp³-hybridized carbons (Fsp3) is 0. The number of rotatable bonds is 2. The van der Waals surface area contributed by atoms with Crippen LogP contribution in [0, 0.1) is 5.82 Å². The van der Waals surface area contributed by atoms with Crippen molar-refractivity contribution in [1.82, 2.24) is 0 Å². The molecule has 0 N–H and O–H groups in total. The molecule has 0 spiro atoms. The molecular weight excluding hydrogens is 466 g/mol. The van der Waals surface area contributed by atoms with E-state index in [9.17, 15) is 4.39 Å². The van der Waals surface area contributed by atoms with Gasteiger partial charge in [-0.2, -0.15) is 0 Å². The second kappa shape index (κ2) is 6.94. The molecule has 0 heterocycles. The molecule has 0 aliphatic carbocycles. The van der Waals surface area contributed by atoms with Crippen LogP contribution < -0.4 is 0 Å². The fourth-order valence-electron chi connectivity index (χ4n) is 2.28. The van der Waals surface area contributed by atoms with Gasteiger partial charge in [0.2, 0.25) is 0 Å². The molecule has 0 radical (unpaired) electrons. The second-order valence-electron chi connectivity index (χ2n) is 4.96. The molecule has 23 heavy (non-hydrogen) atoms. The fourth-order valence-corrected chi connectivity index (χ4v) is 3.80. The summed E-state index contributed by atoms with van der Waals surface area (Å²) >= 11 is 18.9. The monoisotopic (exact) mass is 472 g/mol. The SMILES string of the molecule is Fc1c(Cl)cc(Br)cc1C=Cc1ccc2c(Cl)ccc(Br)c2c1. The molecule has 5 heteroatoms. The van der Waals surface area contributed by atoms with Crippen molar-refractivity contribution >= 4 is 78.0 Å². The van der Waals surface area contributed by atoms with Crippen LogP contribution in [0.3, 0.4) is 0 Å². The van der Waals surface area contributed by atoms with Crippen LogP contribution >= 0.6 is 55.1 Å². The van der Waals surface area contributed by atoms with Gasteiger partial charge in [0.15, 0.2) is 0 Å². The van der Waals surface area contributed by atoms with E-state index in [2.05, 4.69) is 31.9 Å². The largest absolute Gasteiger partial charge is 0.205 e. The van der Waals surface area contributed by atoms with Crippen molar-refractivity contribution in [3.8, 4) is 0 Å². The molecule has 0 aliphatic rings. The van der Waals surface area contributed by atoms with Gasteiger partial charge in [-0.15, -0.1) is 0 Å². The summed E-state index contributed by atoms with van der Waals surface area (Å²) in [5, 5.41) is 2.76. The first-order chi connectivity index (χ1) is 11.0. The van der Waals surface area contributed by atoms with Crippen molar-refractivity contribution in [3.63, 3.8) is 0 Å². The van der Waals surface area contributed by atoms with E-state index in [0.29, 0.717) is 10.6 Å². The molecule has 0 saturated heterocycles.